The van der Waals surface area contributed by atoms with Gasteiger partial charge in [-0.3, -0.25) is 14.4 Å². The number of carbonyl (C=O) groups excluding carboxylic acids is 2. The topological polar surface area (TPSA) is 163 Å². The summed E-state index contributed by atoms with van der Waals surface area (Å²) < 4.78 is 0. The summed E-state index contributed by atoms with van der Waals surface area (Å²) in [7, 11) is 0. The molecular formula is C28H40N2O8. The molecular weight excluding hydrogens is 492 g/mol. The summed E-state index contributed by atoms with van der Waals surface area (Å²) in [5.41, 5.74) is 0.532. The number of amides is 1. The van der Waals surface area contributed by atoms with E-state index in [1.165, 1.54) is 12.5 Å². The van der Waals surface area contributed by atoms with E-state index in [9.17, 15) is 29.4 Å². The molecule has 4 aliphatic rings. The number of rotatable bonds is 9. The number of nitrogens with zero attached hydrogens (tertiary/aromatic N) is 1. The maximum atomic E-state index is 12.4. The number of ketones is 1. The van der Waals surface area contributed by atoms with Crippen LogP contribution in [0.5, 0.6) is 0 Å². The first-order valence-electron chi connectivity index (χ1n) is 13.7. The molecule has 4 aliphatic carbocycles. The molecule has 0 aromatic rings. The quantitative estimate of drug-likeness (QED) is 0.329. The molecule has 0 aliphatic heterocycles. The van der Waals surface area contributed by atoms with Crippen molar-refractivity contribution in [1.29, 1.82) is 0 Å². The van der Waals surface area contributed by atoms with Crippen LogP contribution in [0.25, 0.3) is 0 Å². The molecule has 0 aromatic carbocycles. The minimum atomic E-state index is -1.30. The number of carboxylic acids is 2. The summed E-state index contributed by atoms with van der Waals surface area (Å²) in [6.07, 6.45) is 8.32. The van der Waals surface area contributed by atoms with Gasteiger partial charge in [0.1, 0.15) is 11.6 Å². The van der Waals surface area contributed by atoms with Crippen LogP contribution in [0.4, 0.5) is 0 Å². The number of fused-ring (bicyclic) bond motifs is 5. The van der Waals surface area contributed by atoms with Crippen LogP contribution in [0.15, 0.2) is 16.8 Å². The fourth-order valence-corrected chi connectivity index (χ4v) is 8.17. The normalized spacial score (nSPS) is 37.7. The van der Waals surface area contributed by atoms with Gasteiger partial charge in [-0.15, -0.1) is 0 Å². The molecule has 0 spiro atoms. The standard InChI is InChI=1S/C28H40N2O8/c1-16(31)28(37)13-10-21-19-5-4-17-14-18(8-11-26(17,2)20(19)9-12-27(21,28)3)30-38-15-23(32)29-22(25(35)36)6-7-24(33)34/h14,19-22,37H,4-13,15H2,1-3H3,(H,29,32)(H,33,34)(H,35,36)/b30-18-/t19-,20+,21+,22+,26-,27+,28+/m0/s1. The molecule has 4 N–H and O–H groups in total. The summed E-state index contributed by atoms with van der Waals surface area (Å²) in [5, 5.41) is 35.7. The third-order valence-electron chi connectivity index (χ3n) is 10.4. The number of allylic oxidation sites excluding steroid dienone is 2. The SMILES string of the molecule is CC(=O)[C@]1(O)CC[C@@H]2[C@H]3CCC4=C/C(=N\OCC(=O)N[C@H](CCC(=O)O)C(=O)O)CC[C@]4(C)[C@@H]3CC[C@]21C. The molecule has 4 rings (SSSR count). The van der Waals surface area contributed by atoms with Crippen LogP contribution in [0.1, 0.15) is 85.0 Å². The molecule has 0 saturated heterocycles. The lowest BCUT2D eigenvalue weighted by atomic mass is 9.46. The summed E-state index contributed by atoms with van der Waals surface area (Å²) in [6, 6.07) is -1.30. The number of hydrogen-bond donors (Lipinski definition) is 4. The second-order valence-electron chi connectivity index (χ2n) is 12.2. The van der Waals surface area contributed by atoms with E-state index in [0.29, 0.717) is 30.6 Å². The Kier molecular flexibility index (Phi) is 7.76. The molecule has 210 valence electrons. The van der Waals surface area contributed by atoms with Gasteiger partial charge in [0.2, 0.25) is 0 Å². The maximum absolute atomic E-state index is 12.4. The number of oxime groups is 1. The summed E-state index contributed by atoms with van der Waals surface area (Å²) in [6.45, 7) is 5.53. The number of aliphatic carboxylic acids is 2. The average Bonchev–Trinajstić information content (AvgIpc) is 3.13. The van der Waals surface area contributed by atoms with E-state index in [-0.39, 0.29) is 29.5 Å². The van der Waals surface area contributed by atoms with Gasteiger partial charge in [-0.05, 0) is 94.0 Å². The van der Waals surface area contributed by atoms with Crippen LogP contribution in [0.2, 0.25) is 0 Å². The lowest BCUT2D eigenvalue weighted by molar-refractivity contribution is -0.159. The van der Waals surface area contributed by atoms with Gasteiger partial charge in [0.05, 0.1) is 5.71 Å². The van der Waals surface area contributed by atoms with Gasteiger partial charge < -0.3 is 25.5 Å². The van der Waals surface area contributed by atoms with E-state index in [0.717, 1.165) is 44.2 Å². The smallest absolute Gasteiger partial charge is 0.326 e. The molecule has 7 atom stereocenters. The van der Waals surface area contributed by atoms with Gasteiger partial charge in [0.15, 0.2) is 12.4 Å². The van der Waals surface area contributed by atoms with Gasteiger partial charge in [-0.25, -0.2) is 4.79 Å². The fraction of sp³-hybridized carbons (Fsp3) is 0.750. The zero-order valence-corrected chi connectivity index (χ0v) is 22.5. The molecule has 3 saturated carbocycles. The van der Waals surface area contributed by atoms with Crippen molar-refractivity contribution in [2.45, 2.75) is 96.6 Å². The number of nitrogens with one attached hydrogen (secondary N) is 1. The van der Waals surface area contributed by atoms with E-state index in [1.807, 2.05) is 0 Å². The number of carboxylic acid groups (broad SMARTS) is 2. The Morgan fingerprint density at radius 2 is 1.79 bits per heavy atom. The Morgan fingerprint density at radius 3 is 2.45 bits per heavy atom. The van der Waals surface area contributed by atoms with Crippen molar-refractivity contribution in [3.8, 4) is 0 Å². The highest BCUT2D eigenvalue weighted by atomic mass is 16.6. The Hall–Kier alpha value is -2.75. The van der Waals surface area contributed by atoms with Gasteiger partial charge in [0.25, 0.3) is 5.91 Å². The number of Topliss-reactive ketones (excluding diaryl/α,β-unsaturated/α-hetero) is 1. The van der Waals surface area contributed by atoms with Crippen molar-refractivity contribution in [1.82, 2.24) is 5.32 Å². The van der Waals surface area contributed by atoms with Gasteiger partial charge in [-0.1, -0.05) is 24.6 Å². The summed E-state index contributed by atoms with van der Waals surface area (Å²) >= 11 is 0. The third-order valence-corrected chi connectivity index (χ3v) is 10.4. The van der Waals surface area contributed by atoms with Crippen LogP contribution >= 0.6 is 0 Å². The van der Waals surface area contributed by atoms with Crippen LogP contribution < -0.4 is 5.32 Å². The van der Waals surface area contributed by atoms with Gasteiger partial charge in [0, 0.05) is 11.8 Å². The number of carbonyl (C=O) groups is 4. The van der Waals surface area contributed by atoms with E-state index >= 15 is 0 Å². The molecule has 0 bridgehead atoms. The van der Waals surface area contributed by atoms with E-state index < -0.39 is 36.1 Å². The van der Waals surface area contributed by atoms with E-state index in [2.05, 4.69) is 30.4 Å². The van der Waals surface area contributed by atoms with Crippen molar-refractivity contribution in [3.63, 3.8) is 0 Å². The Balaban J connectivity index is 1.38. The van der Waals surface area contributed by atoms with Crippen molar-refractivity contribution in [2.24, 2.45) is 33.7 Å². The van der Waals surface area contributed by atoms with Crippen LogP contribution in [0, 0.1) is 28.6 Å². The van der Waals surface area contributed by atoms with Gasteiger partial charge >= 0.3 is 11.9 Å². The first kappa shape index (κ1) is 28.3. The fourth-order valence-electron chi connectivity index (χ4n) is 8.17. The Morgan fingerprint density at radius 1 is 1.08 bits per heavy atom. The Bertz CT molecular complexity index is 1070. The second kappa shape index (κ2) is 10.4. The Labute approximate surface area is 222 Å². The molecule has 0 heterocycles. The average molecular weight is 533 g/mol. The van der Waals surface area contributed by atoms with Crippen LogP contribution in [-0.4, -0.2) is 62.9 Å². The molecule has 10 heteroatoms. The molecule has 1 amide bonds. The summed E-state index contributed by atoms with van der Waals surface area (Å²) in [5.74, 6) is -1.90. The summed E-state index contributed by atoms with van der Waals surface area (Å²) in [4.78, 5) is 51.7. The van der Waals surface area contributed by atoms with E-state index in [1.54, 1.807) is 0 Å². The van der Waals surface area contributed by atoms with E-state index in [4.69, 9.17) is 9.94 Å². The second-order valence-corrected chi connectivity index (χ2v) is 12.2. The highest BCUT2D eigenvalue weighted by Crippen LogP contribution is 2.67. The van der Waals surface area contributed by atoms with Crippen molar-refractivity contribution in [2.75, 3.05) is 6.61 Å². The molecule has 38 heavy (non-hydrogen) atoms. The highest BCUT2D eigenvalue weighted by molar-refractivity contribution is 5.96. The van der Waals surface area contributed by atoms with Crippen LogP contribution in [-0.2, 0) is 24.0 Å². The maximum Gasteiger partial charge on any atom is 0.326 e. The molecule has 0 radical (unpaired) electrons. The van der Waals surface area contributed by atoms with Crippen molar-refractivity contribution < 1.29 is 39.3 Å². The molecule has 0 unspecified atom stereocenters. The monoisotopic (exact) mass is 532 g/mol. The minimum absolute atomic E-state index is 0.0242. The predicted molar refractivity (Wildman–Crippen MR) is 137 cm³/mol. The number of aliphatic hydroxyl groups is 1. The zero-order chi connectivity index (χ0) is 27.9. The molecule has 0 aromatic heterocycles. The molecule has 10 nitrogen and oxygen atoms in total. The van der Waals surface area contributed by atoms with Crippen LogP contribution in [0.3, 0.4) is 0 Å². The zero-order valence-electron chi connectivity index (χ0n) is 22.5. The first-order valence-corrected chi connectivity index (χ1v) is 13.7. The van der Waals surface area contributed by atoms with Crippen molar-refractivity contribution >= 4 is 29.3 Å². The highest BCUT2D eigenvalue weighted by Gasteiger charge is 2.65. The lowest BCUT2D eigenvalue weighted by Crippen LogP contribution is -2.57. The minimum Gasteiger partial charge on any atom is -0.481 e. The third kappa shape index (κ3) is 4.87. The number of hydrogen-bond acceptors (Lipinski definition) is 7. The van der Waals surface area contributed by atoms with Crippen molar-refractivity contribution in [3.05, 3.63) is 11.6 Å². The molecule has 3 fully saturated rings. The largest absolute Gasteiger partial charge is 0.481 e. The predicted octanol–water partition coefficient (Wildman–Crippen LogP) is 3.08. The lowest BCUT2D eigenvalue weighted by Gasteiger charge is -2.59. The first-order chi connectivity index (χ1) is 17.8. The van der Waals surface area contributed by atoms with Gasteiger partial charge in [-0.2, -0.15) is 0 Å².